The highest BCUT2D eigenvalue weighted by molar-refractivity contribution is 5.95. The number of hydrogen-bond donors (Lipinski definition) is 2. The molecule has 0 aliphatic carbocycles. The maximum absolute atomic E-state index is 13.3. The Hall–Kier alpha value is -1.93. The van der Waals surface area contributed by atoms with Crippen LogP contribution >= 0.6 is 0 Å². The lowest BCUT2D eigenvalue weighted by molar-refractivity contribution is -0.127. The van der Waals surface area contributed by atoms with Gasteiger partial charge in [0.25, 0.3) is 0 Å². The number of hydrogen-bond acceptors (Lipinski definition) is 3. The van der Waals surface area contributed by atoms with Crippen molar-refractivity contribution in [2.24, 2.45) is 5.41 Å². The van der Waals surface area contributed by atoms with Crippen molar-refractivity contribution in [3.63, 3.8) is 0 Å². The van der Waals surface area contributed by atoms with Gasteiger partial charge in [0.1, 0.15) is 11.9 Å². The van der Waals surface area contributed by atoms with E-state index >= 15 is 0 Å². The van der Waals surface area contributed by atoms with Crippen LogP contribution in [-0.2, 0) is 4.79 Å². The number of halogens is 1. The quantitative estimate of drug-likeness (QED) is 0.890. The summed E-state index contributed by atoms with van der Waals surface area (Å²) in [4.78, 5) is 12.5. The third-order valence-corrected chi connectivity index (χ3v) is 4.06. The molecular weight excluding hydrogens is 257 g/mol. The van der Waals surface area contributed by atoms with Crippen LogP contribution in [0.1, 0.15) is 31.7 Å². The van der Waals surface area contributed by atoms with Crippen molar-refractivity contribution in [1.82, 2.24) is 5.32 Å². The lowest BCUT2D eigenvalue weighted by Crippen LogP contribution is -2.44. The second kappa shape index (κ2) is 6.02. The summed E-state index contributed by atoms with van der Waals surface area (Å²) in [5, 5.41) is 14.9. The van der Waals surface area contributed by atoms with Gasteiger partial charge in [0.05, 0.1) is 11.0 Å². The highest BCUT2D eigenvalue weighted by Crippen LogP contribution is 2.34. The summed E-state index contributed by atoms with van der Waals surface area (Å²) in [7, 11) is 0. The van der Waals surface area contributed by atoms with E-state index in [1.54, 1.807) is 6.07 Å². The SMILES string of the molecule is CCC1(C(=O)Nc2ccc(F)c(C#N)c2)CCNCC1. The third kappa shape index (κ3) is 2.81. The summed E-state index contributed by atoms with van der Waals surface area (Å²) < 4.78 is 13.3. The summed E-state index contributed by atoms with van der Waals surface area (Å²) in [5.74, 6) is -0.616. The Morgan fingerprint density at radius 2 is 2.20 bits per heavy atom. The summed E-state index contributed by atoms with van der Waals surface area (Å²) >= 11 is 0. The largest absolute Gasteiger partial charge is 0.326 e. The van der Waals surface area contributed by atoms with E-state index < -0.39 is 5.82 Å². The van der Waals surface area contributed by atoms with Crippen LogP contribution in [0.5, 0.6) is 0 Å². The second-order valence-corrected chi connectivity index (χ2v) is 5.14. The first-order chi connectivity index (χ1) is 9.61. The normalized spacial score (nSPS) is 17.2. The molecule has 2 rings (SSSR count). The van der Waals surface area contributed by atoms with Gasteiger partial charge in [0.2, 0.25) is 5.91 Å². The van der Waals surface area contributed by atoms with Crippen molar-refractivity contribution in [2.75, 3.05) is 18.4 Å². The highest BCUT2D eigenvalue weighted by Gasteiger charge is 2.37. The number of carbonyl (C=O) groups is 1. The van der Waals surface area contributed by atoms with Crippen LogP contribution < -0.4 is 10.6 Å². The molecule has 0 bridgehead atoms. The zero-order chi connectivity index (χ0) is 14.6. The van der Waals surface area contributed by atoms with E-state index in [1.807, 2.05) is 6.92 Å². The van der Waals surface area contributed by atoms with E-state index in [2.05, 4.69) is 10.6 Å². The van der Waals surface area contributed by atoms with Crippen LogP contribution in [0.15, 0.2) is 18.2 Å². The maximum atomic E-state index is 13.3. The molecule has 1 aliphatic rings. The standard InChI is InChI=1S/C15H18FN3O/c1-2-15(5-7-18-8-6-15)14(20)19-12-3-4-13(16)11(9-12)10-17/h3-4,9,18H,2,5-8H2,1H3,(H,19,20). The van der Waals surface area contributed by atoms with Crippen molar-refractivity contribution in [3.05, 3.63) is 29.6 Å². The summed E-state index contributed by atoms with van der Waals surface area (Å²) in [6.45, 7) is 3.67. The van der Waals surface area contributed by atoms with Gasteiger partial charge < -0.3 is 10.6 Å². The fourth-order valence-electron chi connectivity index (χ4n) is 2.60. The second-order valence-electron chi connectivity index (χ2n) is 5.14. The molecule has 0 radical (unpaired) electrons. The molecule has 20 heavy (non-hydrogen) atoms. The molecule has 1 fully saturated rings. The average Bonchev–Trinajstić information content (AvgIpc) is 2.49. The fourth-order valence-corrected chi connectivity index (χ4v) is 2.60. The Labute approximate surface area is 118 Å². The lowest BCUT2D eigenvalue weighted by Gasteiger charge is -2.35. The van der Waals surface area contributed by atoms with Gasteiger partial charge in [-0.3, -0.25) is 4.79 Å². The fraction of sp³-hybridized carbons (Fsp3) is 0.467. The molecule has 1 heterocycles. The Balaban J connectivity index is 2.16. The minimum absolute atomic E-state index is 0.0444. The Kier molecular flexibility index (Phi) is 4.35. The molecule has 2 N–H and O–H groups in total. The van der Waals surface area contributed by atoms with Crippen LogP contribution in [0, 0.1) is 22.6 Å². The first-order valence-corrected chi connectivity index (χ1v) is 6.83. The van der Waals surface area contributed by atoms with Gasteiger partial charge in [-0.05, 0) is 50.6 Å². The van der Waals surface area contributed by atoms with E-state index in [1.165, 1.54) is 18.2 Å². The predicted octanol–water partition coefficient (Wildman–Crippen LogP) is 2.42. The van der Waals surface area contributed by atoms with Crippen LogP contribution in [0.25, 0.3) is 0 Å². The van der Waals surface area contributed by atoms with Crippen molar-refractivity contribution in [3.8, 4) is 6.07 Å². The molecule has 0 atom stereocenters. The van der Waals surface area contributed by atoms with Crippen LogP contribution in [0.2, 0.25) is 0 Å². The van der Waals surface area contributed by atoms with Gasteiger partial charge in [-0.1, -0.05) is 6.92 Å². The molecule has 0 unspecified atom stereocenters. The van der Waals surface area contributed by atoms with Crippen molar-refractivity contribution in [2.45, 2.75) is 26.2 Å². The molecule has 106 valence electrons. The smallest absolute Gasteiger partial charge is 0.230 e. The maximum Gasteiger partial charge on any atom is 0.230 e. The predicted molar refractivity (Wildman–Crippen MR) is 74.6 cm³/mol. The number of nitrogens with one attached hydrogen (secondary N) is 2. The first kappa shape index (κ1) is 14.5. The first-order valence-electron chi connectivity index (χ1n) is 6.83. The Morgan fingerprint density at radius 1 is 1.50 bits per heavy atom. The van der Waals surface area contributed by atoms with Gasteiger partial charge in [0.15, 0.2) is 0 Å². The van der Waals surface area contributed by atoms with Gasteiger partial charge in [-0.2, -0.15) is 5.26 Å². The zero-order valence-corrected chi connectivity index (χ0v) is 11.5. The molecule has 0 spiro atoms. The van der Waals surface area contributed by atoms with Gasteiger partial charge in [0, 0.05) is 5.69 Å². The number of anilines is 1. The van der Waals surface area contributed by atoms with Crippen molar-refractivity contribution < 1.29 is 9.18 Å². The van der Waals surface area contributed by atoms with Crippen molar-refractivity contribution >= 4 is 11.6 Å². The van der Waals surface area contributed by atoms with Crippen LogP contribution in [0.3, 0.4) is 0 Å². The van der Waals surface area contributed by atoms with Gasteiger partial charge in [-0.25, -0.2) is 4.39 Å². The highest BCUT2D eigenvalue weighted by atomic mass is 19.1. The van der Waals surface area contributed by atoms with Crippen LogP contribution in [-0.4, -0.2) is 19.0 Å². The topological polar surface area (TPSA) is 64.9 Å². The molecule has 5 heteroatoms. The number of rotatable bonds is 3. The third-order valence-electron chi connectivity index (χ3n) is 4.06. The van der Waals surface area contributed by atoms with E-state index in [-0.39, 0.29) is 16.9 Å². The number of carbonyl (C=O) groups excluding carboxylic acids is 1. The molecule has 1 aliphatic heterocycles. The summed E-state index contributed by atoms with van der Waals surface area (Å²) in [5.41, 5.74) is 0.0462. The Bertz CT molecular complexity index is 545. The van der Waals surface area contributed by atoms with E-state index in [0.717, 1.165) is 32.4 Å². The molecule has 1 amide bonds. The number of benzene rings is 1. The molecule has 1 saturated heterocycles. The zero-order valence-electron chi connectivity index (χ0n) is 11.5. The molecule has 4 nitrogen and oxygen atoms in total. The minimum atomic E-state index is -0.572. The van der Waals surface area contributed by atoms with Crippen molar-refractivity contribution in [1.29, 1.82) is 5.26 Å². The number of nitrogens with zero attached hydrogens (tertiary/aromatic N) is 1. The number of nitriles is 1. The number of amides is 1. The molecule has 0 saturated carbocycles. The number of piperidine rings is 1. The molecular formula is C15H18FN3O. The lowest BCUT2D eigenvalue weighted by atomic mass is 9.76. The summed E-state index contributed by atoms with van der Waals surface area (Å²) in [6.07, 6.45) is 2.36. The van der Waals surface area contributed by atoms with Crippen LogP contribution in [0.4, 0.5) is 10.1 Å². The van der Waals surface area contributed by atoms with Gasteiger partial charge in [-0.15, -0.1) is 0 Å². The minimum Gasteiger partial charge on any atom is -0.326 e. The average molecular weight is 275 g/mol. The van der Waals surface area contributed by atoms with E-state index in [9.17, 15) is 9.18 Å². The molecule has 1 aromatic rings. The molecule has 1 aromatic carbocycles. The monoisotopic (exact) mass is 275 g/mol. The summed E-state index contributed by atoms with van der Waals surface area (Å²) in [6, 6.07) is 5.84. The Morgan fingerprint density at radius 3 is 2.80 bits per heavy atom. The van der Waals surface area contributed by atoms with E-state index in [0.29, 0.717) is 5.69 Å². The molecule has 0 aromatic heterocycles. The van der Waals surface area contributed by atoms with Gasteiger partial charge >= 0.3 is 0 Å². The van der Waals surface area contributed by atoms with E-state index in [4.69, 9.17) is 5.26 Å².